The number of phosphoric ester groups is 1. The third kappa shape index (κ3) is 5.18. The van der Waals surface area contributed by atoms with Crippen LogP contribution in [0.25, 0.3) is 11.2 Å². The highest BCUT2D eigenvalue weighted by molar-refractivity contribution is 7.47. The van der Waals surface area contributed by atoms with E-state index in [1.165, 1.54) is 32.0 Å². The summed E-state index contributed by atoms with van der Waals surface area (Å²) in [5.41, 5.74) is 4.52. The van der Waals surface area contributed by atoms with E-state index in [2.05, 4.69) is 15.0 Å². The quantitative estimate of drug-likeness (QED) is 0.249. The fourth-order valence-electron chi connectivity index (χ4n) is 3.40. The molecule has 3 heterocycles. The van der Waals surface area contributed by atoms with Crippen molar-refractivity contribution in [3.8, 4) is 5.88 Å². The fraction of sp³-hybridized carbons (Fsp3) is 0.706. The third-order valence-electron chi connectivity index (χ3n) is 5.01. The molecule has 180 valence electrons. The van der Waals surface area contributed by atoms with Crippen LogP contribution in [0.1, 0.15) is 26.0 Å². The van der Waals surface area contributed by atoms with Crippen molar-refractivity contribution in [3.05, 3.63) is 6.33 Å². The summed E-state index contributed by atoms with van der Waals surface area (Å²) in [6, 6.07) is 0. The number of anilines is 1. The van der Waals surface area contributed by atoms with Gasteiger partial charge in [-0.2, -0.15) is 9.97 Å². The minimum atomic E-state index is -4.27. The summed E-state index contributed by atoms with van der Waals surface area (Å²) in [5.74, 6) is 0.0852. The number of ether oxygens (including phenoxy) is 3. The van der Waals surface area contributed by atoms with E-state index >= 15 is 0 Å². The smallest absolute Gasteiger partial charge is 0.472 e. The van der Waals surface area contributed by atoms with Crippen LogP contribution in [0.3, 0.4) is 0 Å². The summed E-state index contributed by atoms with van der Waals surface area (Å²) < 4.78 is 38.9. The molecule has 1 aliphatic rings. The molecule has 1 saturated heterocycles. The van der Waals surface area contributed by atoms with E-state index < -0.39 is 31.9 Å². The number of fused-ring (bicyclic) bond motifs is 1. The van der Waals surface area contributed by atoms with Crippen molar-refractivity contribution in [1.29, 1.82) is 0 Å². The number of hydrogen-bond acceptors (Lipinski definition) is 12. The van der Waals surface area contributed by atoms with Crippen molar-refractivity contribution in [1.82, 2.24) is 19.5 Å². The Morgan fingerprint density at radius 3 is 2.69 bits per heavy atom. The molecule has 2 aromatic heterocycles. The van der Waals surface area contributed by atoms with Gasteiger partial charge in [0.1, 0.15) is 11.7 Å². The first-order valence-corrected chi connectivity index (χ1v) is 11.3. The van der Waals surface area contributed by atoms with Crippen LogP contribution in [-0.2, 0) is 23.1 Å². The molecule has 0 aliphatic carbocycles. The molecule has 1 aliphatic heterocycles. The highest BCUT2D eigenvalue weighted by Crippen LogP contribution is 2.45. The first-order chi connectivity index (χ1) is 15.1. The predicted octanol–water partition coefficient (Wildman–Crippen LogP) is -0.0134. The lowest BCUT2D eigenvalue weighted by Crippen LogP contribution is -2.43. The Hall–Kier alpha value is -1.90. The van der Waals surface area contributed by atoms with Gasteiger partial charge in [0.25, 0.3) is 0 Å². The van der Waals surface area contributed by atoms with Gasteiger partial charge < -0.3 is 35.1 Å². The Kier molecular flexibility index (Phi) is 7.68. The summed E-state index contributed by atoms with van der Waals surface area (Å²) in [6.45, 7) is 1.51. The van der Waals surface area contributed by atoms with Crippen molar-refractivity contribution in [2.45, 2.75) is 43.8 Å². The molecule has 0 aromatic carbocycles. The number of nitrogens with two attached hydrogens (primary N) is 1. The monoisotopic (exact) mass is 477 g/mol. The van der Waals surface area contributed by atoms with E-state index in [1.807, 2.05) is 0 Å². The molecule has 5 N–H and O–H groups in total. The first kappa shape index (κ1) is 24.7. The molecule has 0 radical (unpaired) electrons. The number of hydrogen-bond donors (Lipinski definition) is 4. The highest BCUT2D eigenvalue weighted by Gasteiger charge is 2.53. The van der Waals surface area contributed by atoms with Crippen molar-refractivity contribution in [2.75, 3.05) is 39.8 Å². The number of aliphatic hydroxyl groups is 2. The second-order valence-corrected chi connectivity index (χ2v) is 8.84. The van der Waals surface area contributed by atoms with Gasteiger partial charge in [-0.3, -0.25) is 13.6 Å². The number of imidazole rings is 1. The van der Waals surface area contributed by atoms with Gasteiger partial charge in [0.05, 0.1) is 32.8 Å². The molecule has 14 nitrogen and oxygen atoms in total. The molecule has 2 unspecified atom stereocenters. The average molecular weight is 477 g/mol. The molecular formula is C17H28N5O9P. The number of methoxy groups -OCH3 is 2. The van der Waals surface area contributed by atoms with Crippen molar-refractivity contribution in [3.63, 3.8) is 0 Å². The van der Waals surface area contributed by atoms with Crippen molar-refractivity contribution < 1.29 is 42.9 Å². The lowest BCUT2D eigenvalue weighted by atomic mass is 9.95. The lowest BCUT2D eigenvalue weighted by molar-refractivity contribution is -0.0943. The zero-order valence-corrected chi connectivity index (χ0v) is 18.8. The SMILES string of the molecule is COCCCOP(=O)(O)OCC[C@H]1OC(n2cnc3c(OC)nc(N)nc32)[C@](C)(O)[C@@H]1O. The summed E-state index contributed by atoms with van der Waals surface area (Å²) in [6.07, 6.45) is -1.54. The first-order valence-electron chi connectivity index (χ1n) is 9.81. The minimum Gasteiger partial charge on any atom is -0.479 e. The standard InChI is InChI=1S/C17H28N5O9P/c1-17(24)12(23)10(5-8-30-32(25,26)29-7-4-6-27-2)31-15(17)22-9-19-11-13(22)20-16(18)21-14(11)28-3/h9-10,12,15,23-24H,4-8H2,1-3H3,(H,25,26)(H2,18,20,21)/t10-,12-,15?,17-/m1/s1. The molecular weight excluding hydrogens is 449 g/mol. The van der Waals surface area contributed by atoms with Crippen LogP contribution in [-0.4, -0.2) is 86.5 Å². The lowest BCUT2D eigenvalue weighted by Gasteiger charge is -2.27. The Morgan fingerprint density at radius 2 is 2.00 bits per heavy atom. The van der Waals surface area contributed by atoms with Crippen LogP contribution in [0.5, 0.6) is 5.88 Å². The highest BCUT2D eigenvalue weighted by atomic mass is 31.2. The van der Waals surface area contributed by atoms with Crippen LogP contribution in [0, 0.1) is 0 Å². The topological polar surface area (TPSA) is 194 Å². The van der Waals surface area contributed by atoms with Crippen molar-refractivity contribution >= 4 is 24.9 Å². The molecule has 0 saturated carbocycles. The fourth-order valence-corrected chi connectivity index (χ4v) is 4.17. The molecule has 32 heavy (non-hydrogen) atoms. The normalized spacial score (nSPS) is 27.6. The summed E-state index contributed by atoms with van der Waals surface area (Å²) in [7, 11) is -1.35. The second-order valence-electron chi connectivity index (χ2n) is 7.38. The van der Waals surface area contributed by atoms with Crippen LogP contribution < -0.4 is 10.5 Å². The van der Waals surface area contributed by atoms with Crippen LogP contribution in [0.15, 0.2) is 6.33 Å². The number of rotatable bonds is 11. The summed E-state index contributed by atoms with van der Waals surface area (Å²) >= 11 is 0. The van der Waals surface area contributed by atoms with E-state index in [0.717, 1.165) is 0 Å². The summed E-state index contributed by atoms with van der Waals surface area (Å²) in [5, 5.41) is 21.6. The van der Waals surface area contributed by atoms with Gasteiger partial charge in [-0.1, -0.05) is 0 Å². The van der Waals surface area contributed by atoms with Gasteiger partial charge in [0, 0.05) is 20.1 Å². The molecule has 3 rings (SSSR count). The zero-order chi connectivity index (χ0) is 23.5. The number of aliphatic hydroxyl groups excluding tert-OH is 1. The van der Waals surface area contributed by atoms with Gasteiger partial charge >= 0.3 is 7.82 Å². The van der Waals surface area contributed by atoms with Gasteiger partial charge in [-0.05, 0) is 13.3 Å². The molecule has 5 atom stereocenters. The van der Waals surface area contributed by atoms with Gasteiger partial charge in [0.15, 0.2) is 17.4 Å². The molecule has 15 heteroatoms. The molecule has 1 fully saturated rings. The number of nitrogen functional groups attached to an aromatic ring is 1. The Labute approximate surface area is 183 Å². The predicted molar refractivity (Wildman–Crippen MR) is 110 cm³/mol. The van der Waals surface area contributed by atoms with Crippen LogP contribution in [0.2, 0.25) is 0 Å². The Bertz CT molecular complexity index is 971. The maximum absolute atomic E-state index is 11.9. The number of nitrogens with zero attached hydrogens (tertiary/aromatic N) is 4. The van der Waals surface area contributed by atoms with Gasteiger partial charge in [0.2, 0.25) is 11.8 Å². The van der Waals surface area contributed by atoms with Crippen LogP contribution >= 0.6 is 7.82 Å². The van der Waals surface area contributed by atoms with Gasteiger partial charge in [-0.15, -0.1) is 0 Å². The zero-order valence-electron chi connectivity index (χ0n) is 17.9. The maximum Gasteiger partial charge on any atom is 0.472 e. The number of phosphoric acid groups is 1. The Morgan fingerprint density at radius 1 is 1.28 bits per heavy atom. The maximum atomic E-state index is 11.9. The molecule has 0 amide bonds. The largest absolute Gasteiger partial charge is 0.479 e. The van der Waals surface area contributed by atoms with E-state index in [4.69, 9.17) is 29.0 Å². The molecule has 0 bridgehead atoms. The average Bonchev–Trinajstić information content (AvgIpc) is 3.24. The minimum absolute atomic E-state index is 0.00682. The third-order valence-corrected chi connectivity index (χ3v) is 6.03. The molecule has 0 spiro atoms. The van der Waals surface area contributed by atoms with E-state index in [9.17, 15) is 19.7 Å². The second kappa shape index (κ2) is 9.93. The molecule has 2 aromatic rings. The number of aromatic nitrogens is 4. The van der Waals surface area contributed by atoms with E-state index in [0.29, 0.717) is 18.5 Å². The van der Waals surface area contributed by atoms with Gasteiger partial charge in [-0.25, -0.2) is 9.55 Å². The van der Waals surface area contributed by atoms with Crippen molar-refractivity contribution in [2.24, 2.45) is 0 Å². The van der Waals surface area contributed by atoms with E-state index in [-0.39, 0.29) is 37.1 Å². The van der Waals surface area contributed by atoms with Crippen LogP contribution in [0.4, 0.5) is 5.95 Å². The Balaban J connectivity index is 1.68. The summed E-state index contributed by atoms with van der Waals surface area (Å²) in [4.78, 5) is 22.0. The van der Waals surface area contributed by atoms with E-state index in [1.54, 1.807) is 0 Å².